The van der Waals surface area contributed by atoms with Crippen molar-refractivity contribution in [2.24, 2.45) is 5.41 Å². The van der Waals surface area contributed by atoms with Gasteiger partial charge in [0, 0.05) is 18.5 Å². The summed E-state index contributed by atoms with van der Waals surface area (Å²) in [5.74, 6) is 0.256. The van der Waals surface area contributed by atoms with Crippen LogP contribution in [0, 0.1) is 5.41 Å². The lowest BCUT2D eigenvalue weighted by Gasteiger charge is -2.32. The van der Waals surface area contributed by atoms with Crippen LogP contribution in [0.2, 0.25) is 0 Å². The first-order chi connectivity index (χ1) is 8.97. The molecule has 1 aromatic rings. The van der Waals surface area contributed by atoms with Crippen molar-refractivity contribution in [3.63, 3.8) is 0 Å². The first-order valence-corrected chi connectivity index (χ1v) is 6.98. The molecule has 0 fully saturated rings. The first-order valence-electron chi connectivity index (χ1n) is 6.98. The van der Waals surface area contributed by atoms with Gasteiger partial charge in [0.05, 0.1) is 0 Å². The fourth-order valence-electron chi connectivity index (χ4n) is 2.45. The zero-order chi connectivity index (χ0) is 13.9. The SMILES string of the molecule is CC(C)(C)C(=O)N1CCC=C(Cc2ccccc2)C1. The molecule has 1 aromatic carbocycles. The van der Waals surface area contributed by atoms with Crippen molar-refractivity contribution in [1.82, 2.24) is 4.90 Å². The Bertz CT molecular complexity index is 468. The number of hydrogen-bond acceptors (Lipinski definition) is 1. The molecular weight excluding hydrogens is 234 g/mol. The second-order valence-corrected chi connectivity index (χ2v) is 6.29. The van der Waals surface area contributed by atoms with Gasteiger partial charge in [0.15, 0.2) is 0 Å². The molecule has 1 heterocycles. The van der Waals surface area contributed by atoms with Gasteiger partial charge in [-0.2, -0.15) is 0 Å². The van der Waals surface area contributed by atoms with Crippen LogP contribution in [0.4, 0.5) is 0 Å². The molecule has 0 radical (unpaired) electrons. The Morgan fingerprint density at radius 2 is 1.89 bits per heavy atom. The molecule has 0 saturated carbocycles. The maximum Gasteiger partial charge on any atom is 0.228 e. The molecule has 2 heteroatoms. The number of benzene rings is 1. The maximum absolute atomic E-state index is 12.3. The molecule has 0 saturated heterocycles. The summed E-state index contributed by atoms with van der Waals surface area (Å²) in [4.78, 5) is 14.3. The second kappa shape index (κ2) is 5.60. The van der Waals surface area contributed by atoms with Crippen LogP contribution >= 0.6 is 0 Å². The van der Waals surface area contributed by atoms with E-state index in [1.54, 1.807) is 0 Å². The van der Waals surface area contributed by atoms with E-state index in [0.717, 1.165) is 25.9 Å². The highest BCUT2D eigenvalue weighted by Gasteiger charge is 2.28. The number of carbonyl (C=O) groups is 1. The van der Waals surface area contributed by atoms with Crippen molar-refractivity contribution in [3.8, 4) is 0 Å². The summed E-state index contributed by atoms with van der Waals surface area (Å²) < 4.78 is 0. The molecule has 0 aromatic heterocycles. The van der Waals surface area contributed by atoms with Crippen LogP contribution in [0.1, 0.15) is 32.8 Å². The van der Waals surface area contributed by atoms with Crippen molar-refractivity contribution >= 4 is 5.91 Å². The van der Waals surface area contributed by atoms with Gasteiger partial charge in [0.2, 0.25) is 5.91 Å². The van der Waals surface area contributed by atoms with Crippen LogP contribution in [0.5, 0.6) is 0 Å². The maximum atomic E-state index is 12.3. The minimum absolute atomic E-state index is 0.256. The largest absolute Gasteiger partial charge is 0.338 e. The fraction of sp³-hybridized carbons (Fsp3) is 0.471. The predicted octanol–water partition coefficient (Wildman–Crippen LogP) is 3.43. The van der Waals surface area contributed by atoms with Crippen LogP contribution in [-0.2, 0) is 11.2 Å². The molecule has 0 bridgehead atoms. The van der Waals surface area contributed by atoms with Crippen LogP contribution < -0.4 is 0 Å². The van der Waals surface area contributed by atoms with Gasteiger partial charge in [-0.25, -0.2) is 0 Å². The third-order valence-corrected chi connectivity index (χ3v) is 3.43. The van der Waals surface area contributed by atoms with E-state index in [2.05, 4.69) is 30.3 Å². The number of rotatable bonds is 2. The third-order valence-electron chi connectivity index (χ3n) is 3.43. The molecule has 0 aliphatic carbocycles. The van der Waals surface area contributed by atoms with Crippen LogP contribution in [0.15, 0.2) is 42.0 Å². The number of carbonyl (C=O) groups excluding carboxylic acids is 1. The monoisotopic (exact) mass is 257 g/mol. The van der Waals surface area contributed by atoms with Gasteiger partial charge in [-0.05, 0) is 18.4 Å². The Labute approximate surface area is 116 Å². The Balaban J connectivity index is 2.01. The summed E-state index contributed by atoms with van der Waals surface area (Å²) in [5.41, 5.74) is 2.39. The highest BCUT2D eigenvalue weighted by Crippen LogP contribution is 2.22. The Morgan fingerprint density at radius 3 is 2.53 bits per heavy atom. The van der Waals surface area contributed by atoms with Gasteiger partial charge in [0.1, 0.15) is 0 Å². The Morgan fingerprint density at radius 1 is 1.21 bits per heavy atom. The van der Waals surface area contributed by atoms with Gasteiger partial charge >= 0.3 is 0 Å². The molecule has 1 aliphatic heterocycles. The van der Waals surface area contributed by atoms with Crippen molar-refractivity contribution < 1.29 is 4.79 Å². The average molecular weight is 257 g/mol. The van der Waals surface area contributed by atoms with Crippen molar-refractivity contribution in [2.75, 3.05) is 13.1 Å². The van der Waals surface area contributed by atoms with E-state index in [-0.39, 0.29) is 11.3 Å². The first kappa shape index (κ1) is 13.9. The number of amides is 1. The van der Waals surface area contributed by atoms with Gasteiger partial charge in [-0.3, -0.25) is 4.79 Å². The van der Waals surface area contributed by atoms with Gasteiger partial charge in [0.25, 0.3) is 0 Å². The lowest BCUT2D eigenvalue weighted by Crippen LogP contribution is -2.42. The molecule has 0 atom stereocenters. The van der Waals surface area contributed by atoms with E-state index in [1.807, 2.05) is 31.7 Å². The minimum Gasteiger partial charge on any atom is -0.338 e. The quantitative estimate of drug-likeness (QED) is 0.743. The van der Waals surface area contributed by atoms with E-state index in [0.29, 0.717) is 0 Å². The molecule has 1 amide bonds. The summed E-state index contributed by atoms with van der Waals surface area (Å²) >= 11 is 0. The van der Waals surface area contributed by atoms with Crippen LogP contribution in [0.25, 0.3) is 0 Å². The van der Waals surface area contributed by atoms with Gasteiger partial charge in [-0.15, -0.1) is 0 Å². The lowest BCUT2D eigenvalue weighted by molar-refractivity contribution is -0.139. The fourth-order valence-corrected chi connectivity index (χ4v) is 2.45. The van der Waals surface area contributed by atoms with E-state index in [9.17, 15) is 4.79 Å². The molecule has 2 nitrogen and oxygen atoms in total. The Hall–Kier alpha value is -1.57. The minimum atomic E-state index is -0.283. The molecule has 19 heavy (non-hydrogen) atoms. The van der Waals surface area contributed by atoms with Crippen molar-refractivity contribution in [1.29, 1.82) is 0 Å². The van der Waals surface area contributed by atoms with Gasteiger partial charge in [-0.1, -0.05) is 62.8 Å². The highest BCUT2D eigenvalue weighted by atomic mass is 16.2. The van der Waals surface area contributed by atoms with E-state index >= 15 is 0 Å². The second-order valence-electron chi connectivity index (χ2n) is 6.29. The number of hydrogen-bond donors (Lipinski definition) is 0. The van der Waals surface area contributed by atoms with E-state index < -0.39 is 0 Å². The predicted molar refractivity (Wildman–Crippen MR) is 78.9 cm³/mol. The summed E-state index contributed by atoms with van der Waals surface area (Å²) in [6, 6.07) is 10.5. The normalized spacial score (nSPS) is 16.2. The molecule has 1 aliphatic rings. The van der Waals surface area contributed by atoms with Gasteiger partial charge < -0.3 is 4.90 Å². The van der Waals surface area contributed by atoms with Crippen LogP contribution in [0.3, 0.4) is 0 Å². The molecular formula is C17H23NO. The van der Waals surface area contributed by atoms with E-state index in [1.165, 1.54) is 11.1 Å². The summed E-state index contributed by atoms with van der Waals surface area (Å²) in [6.07, 6.45) is 4.22. The van der Waals surface area contributed by atoms with Crippen molar-refractivity contribution in [2.45, 2.75) is 33.6 Å². The molecule has 0 unspecified atom stereocenters. The topological polar surface area (TPSA) is 20.3 Å². The summed E-state index contributed by atoms with van der Waals surface area (Å²) in [6.45, 7) is 7.61. The zero-order valence-electron chi connectivity index (χ0n) is 12.1. The number of nitrogens with zero attached hydrogens (tertiary/aromatic N) is 1. The zero-order valence-corrected chi connectivity index (χ0v) is 12.1. The molecule has 0 N–H and O–H groups in total. The summed E-state index contributed by atoms with van der Waals surface area (Å²) in [7, 11) is 0. The Kier molecular flexibility index (Phi) is 4.08. The smallest absolute Gasteiger partial charge is 0.228 e. The molecule has 102 valence electrons. The third kappa shape index (κ3) is 3.69. The van der Waals surface area contributed by atoms with Crippen molar-refractivity contribution in [3.05, 3.63) is 47.5 Å². The molecule has 0 spiro atoms. The highest BCUT2D eigenvalue weighted by molar-refractivity contribution is 5.82. The average Bonchev–Trinajstić information content (AvgIpc) is 2.38. The molecule has 2 rings (SSSR count). The summed E-state index contributed by atoms with van der Waals surface area (Å²) in [5, 5.41) is 0. The van der Waals surface area contributed by atoms with E-state index in [4.69, 9.17) is 0 Å². The van der Waals surface area contributed by atoms with Crippen LogP contribution in [-0.4, -0.2) is 23.9 Å². The standard InChI is InChI=1S/C17H23NO/c1-17(2,3)16(19)18-11-7-10-15(13-18)12-14-8-5-4-6-9-14/h4-6,8-10H,7,11-13H2,1-3H3. The lowest BCUT2D eigenvalue weighted by atomic mass is 9.93.